The molecule has 0 atom stereocenters. The van der Waals surface area contributed by atoms with E-state index in [0.717, 1.165) is 55.7 Å². The van der Waals surface area contributed by atoms with Gasteiger partial charge in [0.1, 0.15) is 5.60 Å². The summed E-state index contributed by atoms with van der Waals surface area (Å²) in [6, 6.07) is 18.0. The topological polar surface area (TPSA) is 38.3 Å². The number of carbonyl (C=O) groups is 1. The van der Waals surface area contributed by atoms with Crippen molar-refractivity contribution in [3.63, 3.8) is 0 Å². The quantitative estimate of drug-likeness (QED) is 0.752. The zero-order valence-electron chi connectivity index (χ0n) is 16.1. The predicted octanol–water partition coefficient (Wildman–Crippen LogP) is 5.07. The normalized spacial score (nSPS) is 26.6. The minimum absolute atomic E-state index is 0.264. The highest BCUT2D eigenvalue weighted by molar-refractivity contribution is 5.91. The van der Waals surface area contributed by atoms with Crippen molar-refractivity contribution in [2.45, 2.75) is 38.2 Å². The Bertz CT molecular complexity index is 779. The van der Waals surface area contributed by atoms with Gasteiger partial charge in [0.15, 0.2) is 0 Å². The van der Waals surface area contributed by atoms with Gasteiger partial charge in [-0.1, -0.05) is 55.5 Å². The fraction of sp³-hybridized carbons (Fsp3) is 0.435. The third kappa shape index (κ3) is 3.72. The first-order chi connectivity index (χ1) is 13.1. The van der Waals surface area contributed by atoms with E-state index in [1.54, 1.807) is 0 Å². The first kappa shape index (κ1) is 18.1. The number of hydrogen-bond acceptors (Lipinski definition) is 2. The van der Waals surface area contributed by atoms with Gasteiger partial charge in [-0.15, -0.1) is 0 Å². The number of para-hydroxylation sites is 1. The highest BCUT2D eigenvalue weighted by Gasteiger charge is 2.51. The molecule has 0 aromatic heterocycles. The Morgan fingerprint density at radius 2 is 1.63 bits per heavy atom. The van der Waals surface area contributed by atoms with Crippen LogP contribution >= 0.6 is 0 Å². The van der Waals surface area contributed by atoms with Gasteiger partial charge < -0.3 is 9.22 Å². The number of quaternary nitrogens is 1. The highest BCUT2D eigenvalue weighted by Crippen LogP contribution is 2.40. The number of carbonyl (C=O) groups excluding carboxylic acids is 1. The molecule has 0 spiro atoms. The minimum atomic E-state index is -0.323. The molecule has 4 nitrogen and oxygen atoms in total. The van der Waals surface area contributed by atoms with E-state index in [9.17, 15) is 4.79 Å². The van der Waals surface area contributed by atoms with Crippen LogP contribution in [0.3, 0.4) is 0 Å². The Kier molecular flexibility index (Phi) is 4.92. The van der Waals surface area contributed by atoms with Gasteiger partial charge in [0.25, 0.3) is 0 Å². The number of anilines is 1. The molecule has 0 saturated carbocycles. The van der Waals surface area contributed by atoms with Gasteiger partial charge in [-0.2, -0.15) is 0 Å². The van der Waals surface area contributed by atoms with Crippen LogP contribution in [0.15, 0.2) is 54.6 Å². The summed E-state index contributed by atoms with van der Waals surface area (Å²) in [5, 5.41) is 3.00. The van der Waals surface area contributed by atoms with Crippen molar-refractivity contribution in [3.05, 3.63) is 54.6 Å². The second-order valence-electron chi connectivity index (χ2n) is 8.10. The maximum atomic E-state index is 12.7. The summed E-state index contributed by atoms with van der Waals surface area (Å²) in [5.74, 6) is 0. The van der Waals surface area contributed by atoms with Crippen LogP contribution in [-0.2, 0) is 4.74 Å². The summed E-state index contributed by atoms with van der Waals surface area (Å²) in [7, 11) is 0. The van der Waals surface area contributed by atoms with Crippen LogP contribution in [0.2, 0.25) is 0 Å². The van der Waals surface area contributed by atoms with E-state index in [1.165, 1.54) is 17.4 Å². The molecule has 5 rings (SSSR count). The van der Waals surface area contributed by atoms with E-state index < -0.39 is 0 Å². The first-order valence-electron chi connectivity index (χ1n) is 10.1. The van der Waals surface area contributed by atoms with E-state index >= 15 is 0 Å². The molecule has 3 heterocycles. The van der Waals surface area contributed by atoms with Gasteiger partial charge >= 0.3 is 6.09 Å². The maximum Gasteiger partial charge on any atom is 0.412 e. The van der Waals surface area contributed by atoms with Gasteiger partial charge in [-0.3, -0.25) is 5.32 Å². The van der Waals surface area contributed by atoms with E-state index in [2.05, 4.69) is 24.4 Å². The SMILES string of the molecule is CCC[N+]12CCC(OC(=O)Nc3ccccc3-c3ccccc3)(CC1)CC2. The van der Waals surface area contributed by atoms with Crippen molar-refractivity contribution in [1.29, 1.82) is 0 Å². The molecule has 0 radical (unpaired) electrons. The van der Waals surface area contributed by atoms with Crippen molar-refractivity contribution in [3.8, 4) is 11.1 Å². The average Bonchev–Trinajstić information content (AvgIpc) is 2.70. The average molecular weight is 365 g/mol. The van der Waals surface area contributed by atoms with Crippen LogP contribution in [0, 0.1) is 0 Å². The van der Waals surface area contributed by atoms with Gasteiger partial charge in [0, 0.05) is 24.8 Å². The molecule has 1 amide bonds. The monoisotopic (exact) mass is 365 g/mol. The highest BCUT2D eigenvalue weighted by atomic mass is 16.6. The second-order valence-corrected chi connectivity index (χ2v) is 8.10. The summed E-state index contributed by atoms with van der Waals surface area (Å²) in [4.78, 5) is 12.7. The second kappa shape index (κ2) is 7.35. The molecule has 3 aliphatic rings. The van der Waals surface area contributed by atoms with Crippen molar-refractivity contribution < 1.29 is 14.0 Å². The molecule has 3 fully saturated rings. The van der Waals surface area contributed by atoms with E-state index in [4.69, 9.17) is 4.74 Å². The Labute approximate surface area is 161 Å². The lowest BCUT2D eigenvalue weighted by Gasteiger charge is -2.53. The Balaban J connectivity index is 1.44. The Hall–Kier alpha value is -2.33. The van der Waals surface area contributed by atoms with Gasteiger partial charge in [-0.25, -0.2) is 4.79 Å². The number of benzene rings is 2. The standard InChI is InChI=1S/C23H28N2O2/c1-2-15-25-16-12-23(13-17-25,14-18-25)27-22(26)24-21-11-7-6-10-20(21)19-8-4-3-5-9-19/h3-11H,2,12-18H2,1H3/p+1. The van der Waals surface area contributed by atoms with Gasteiger partial charge in [0.05, 0.1) is 31.9 Å². The zero-order chi connectivity index (χ0) is 18.7. The van der Waals surface area contributed by atoms with Crippen molar-refractivity contribution >= 4 is 11.8 Å². The molecular weight excluding hydrogens is 336 g/mol. The molecule has 2 bridgehead atoms. The predicted molar refractivity (Wildman–Crippen MR) is 109 cm³/mol. The van der Waals surface area contributed by atoms with E-state index in [-0.39, 0.29) is 11.7 Å². The van der Waals surface area contributed by atoms with Crippen LogP contribution in [-0.4, -0.2) is 42.4 Å². The molecule has 0 aliphatic carbocycles. The minimum Gasteiger partial charge on any atom is -0.442 e. The first-order valence-corrected chi connectivity index (χ1v) is 10.1. The molecule has 1 N–H and O–H groups in total. The largest absolute Gasteiger partial charge is 0.442 e. The van der Waals surface area contributed by atoms with Crippen LogP contribution in [0.5, 0.6) is 0 Å². The summed E-state index contributed by atoms with van der Waals surface area (Å²) in [5.41, 5.74) is 2.63. The third-order valence-electron chi connectivity index (χ3n) is 6.38. The van der Waals surface area contributed by atoms with Crippen LogP contribution < -0.4 is 5.32 Å². The van der Waals surface area contributed by atoms with Crippen molar-refractivity contribution in [2.75, 3.05) is 31.5 Å². The Morgan fingerprint density at radius 1 is 1.00 bits per heavy atom. The lowest BCUT2D eigenvalue weighted by atomic mass is 9.81. The maximum absolute atomic E-state index is 12.7. The number of rotatable bonds is 5. The summed E-state index contributed by atoms with van der Waals surface area (Å²) in [6.45, 7) is 6.94. The van der Waals surface area contributed by atoms with Crippen LogP contribution in [0.25, 0.3) is 11.1 Å². The molecular formula is C23H29N2O2+. The molecule has 2 aromatic rings. The Morgan fingerprint density at radius 3 is 2.30 bits per heavy atom. The number of amides is 1. The fourth-order valence-electron chi connectivity index (χ4n) is 4.79. The molecule has 27 heavy (non-hydrogen) atoms. The molecule has 4 heteroatoms. The van der Waals surface area contributed by atoms with Crippen LogP contribution in [0.1, 0.15) is 32.6 Å². The fourth-order valence-corrected chi connectivity index (χ4v) is 4.79. The number of nitrogens with zero attached hydrogens (tertiary/aromatic N) is 1. The lowest BCUT2D eigenvalue weighted by molar-refractivity contribution is -0.944. The molecule has 3 saturated heterocycles. The third-order valence-corrected chi connectivity index (χ3v) is 6.38. The lowest BCUT2D eigenvalue weighted by Crippen LogP contribution is -2.65. The molecule has 142 valence electrons. The molecule has 2 aromatic carbocycles. The zero-order valence-corrected chi connectivity index (χ0v) is 16.1. The summed E-state index contributed by atoms with van der Waals surface area (Å²) in [6.07, 6.45) is 3.86. The molecule has 3 aliphatic heterocycles. The van der Waals surface area contributed by atoms with Gasteiger partial charge in [-0.05, 0) is 18.1 Å². The number of nitrogens with one attached hydrogen (secondary N) is 1. The number of hydrogen-bond donors (Lipinski definition) is 1. The van der Waals surface area contributed by atoms with Crippen molar-refractivity contribution in [2.24, 2.45) is 0 Å². The van der Waals surface area contributed by atoms with Crippen LogP contribution in [0.4, 0.5) is 10.5 Å². The van der Waals surface area contributed by atoms with Crippen molar-refractivity contribution in [1.82, 2.24) is 0 Å². The van der Waals surface area contributed by atoms with E-state index in [0.29, 0.717) is 0 Å². The van der Waals surface area contributed by atoms with E-state index in [1.807, 2.05) is 42.5 Å². The number of ether oxygens (including phenoxy) is 1. The smallest absolute Gasteiger partial charge is 0.412 e. The molecule has 0 unspecified atom stereocenters. The summed E-state index contributed by atoms with van der Waals surface area (Å²) >= 11 is 0. The number of fused-ring (bicyclic) bond motifs is 3. The van der Waals surface area contributed by atoms with Gasteiger partial charge in [0.2, 0.25) is 0 Å². The number of piperidine rings is 3. The summed E-state index contributed by atoms with van der Waals surface area (Å²) < 4.78 is 7.25.